The zero-order chi connectivity index (χ0) is 15.2. The fourth-order valence-electron chi connectivity index (χ4n) is 2.53. The summed E-state index contributed by atoms with van der Waals surface area (Å²) in [5.41, 5.74) is 5.85. The molecule has 1 aliphatic carbocycles. The van der Waals surface area contributed by atoms with Gasteiger partial charge < -0.3 is 11.1 Å². The lowest BCUT2D eigenvalue weighted by Gasteiger charge is -2.19. The summed E-state index contributed by atoms with van der Waals surface area (Å²) in [6.45, 7) is 0.180. The lowest BCUT2D eigenvalue weighted by atomic mass is 10.1. The number of carbonyl (C=O) groups is 1. The number of carbonyl (C=O) groups excluding carboxylic acids is 1. The van der Waals surface area contributed by atoms with E-state index in [0.717, 1.165) is 19.3 Å². The molecule has 0 radical (unpaired) electrons. The Kier molecular flexibility index (Phi) is 5.66. The van der Waals surface area contributed by atoms with Crippen LogP contribution in [0.1, 0.15) is 35.2 Å². The standard InChI is InChI=1S/C16H19FN2OS/c1-21-15-6-2-5-14(15)19-16(20)12-8-7-11(4-3-9-18)13(17)10-12/h7-8,10,14-15H,2,5-6,9,18H2,1H3,(H,19,20). The summed E-state index contributed by atoms with van der Waals surface area (Å²) in [6.07, 6.45) is 5.28. The van der Waals surface area contributed by atoms with E-state index in [-0.39, 0.29) is 24.1 Å². The average molecular weight is 306 g/mol. The average Bonchev–Trinajstić information content (AvgIpc) is 2.93. The van der Waals surface area contributed by atoms with Crippen molar-refractivity contribution in [3.05, 3.63) is 35.1 Å². The van der Waals surface area contributed by atoms with Crippen molar-refractivity contribution in [2.24, 2.45) is 5.73 Å². The Bertz CT molecular complexity index is 579. The van der Waals surface area contributed by atoms with Crippen LogP contribution < -0.4 is 11.1 Å². The van der Waals surface area contributed by atoms with Crippen LogP contribution in [0.2, 0.25) is 0 Å². The van der Waals surface area contributed by atoms with Gasteiger partial charge in [0.2, 0.25) is 0 Å². The van der Waals surface area contributed by atoms with Crippen molar-refractivity contribution in [3.63, 3.8) is 0 Å². The molecular formula is C16H19FN2OS. The van der Waals surface area contributed by atoms with Crippen molar-refractivity contribution in [3.8, 4) is 11.8 Å². The molecule has 21 heavy (non-hydrogen) atoms. The normalized spacial score (nSPS) is 20.7. The van der Waals surface area contributed by atoms with E-state index in [1.54, 1.807) is 17.8 Å². The lowest BCUT2D eigenvalue weighted by Crippen LogP contribution is -2.38. The molecule has 0 aliphatic heterocycles. The molecule has 1 fully saturated rings. The highest BCUT2D eigenvalue weighted by molar-refractivity contribution is 7.99. The minimum atomic E-state index is -0.489. The van der Waals surface area contributed by atoms with Crippen LogP contribution in [0.15, 0.2) is 18.2 Å². The highest BCUT2D eigenvalue weighted by atomic mass is 32.2. The summed E-state index contributed by atoms with van der Waals surface area (Å²) in [5.74, 6) is 4.53. The first-order chi connectivity index (χ1) is 10.2. The Morgan fingerprint density at radius 1 is 1.52 bits per heavy atom. The number of rotatable bonds is 3. The van der Waals surface area contributed by atoms with Gasteiger partial charge in [-0.1, -0.05) is 18.3 Å². The van der Waals surface area contributed by atoms with Crippen LogP contribution in [0.5, 0.6) is 0 Å². The third-order valence-corrected chi connectivity index (χ3v) is 4.80. The largest absolute Gasteiger partial charge is 0.348 e. The lowest BCUT2D eigenvalue weighted by molar-refractivity contribution is 0.0938. The molecule has 0 spiro atoms. The third kappa shape index (κ3) is 3.99. The van der Waals surface area contributed by atoms with Crippen LogP contribution in [0, 0.1) is 17.7 Å². The van der Waals surface area contributed by atoms with E-state index in [1.165, 1.54) is 12.1 Å². The molecule has 1 aliphatic rings. The summed E-state index contributed by atoms with van der Waals surface area (Å²) in [4.78, 5) is 12.2. The van der Waals surface area contributed by atoms with Crippen LogP contribution >= 0.6 is 11.8 Å². The van der Waals surface area contributed by atoms with Crippen LogP contribution in [0.4, 0.5) is 4.39 Å². The molecule has 3 N–H and O–H groups in total. The molecule has 1 saturated carbocycles. The molecule has 5 heteroatoms. The summed E-state index contributed by atoms with van der Waals surface area (Å²) >= 11 is 1.77. The van der Waals surface area contributed by atoms with Crippen molar-refractivity contribution in [1.82, 2.24) is 5.32 Å². The maximum Gasteiger partial charge on any atom is 0.251 e. The molecule has 0 bridgehead atoms. The number of halogens is 1. The van der Waals surface area contributed by atoms with Crippen LogP contribution in [-0.4, -0.2) is 30.0 Å². The van der Waals surface area contributed by atoms with Gasteiger partial charge in [-0.25, -0.2) is 4.39 Å². The zero-order valence-corrected chi connectivity index (χ0v) is 12.8. The van der Waals surface area contributed by atoms with Crippen molar-refractivity contribution in [1.29, 1.82) is 0 Å². The Morgan fingerprint density at radius 3 is 3.00 bits per heavy atom. The molecule has 1 aromatic rings. The summed E-state index contributed by atoms with van der Waals surface area (Å²) in [5, 5.41) is 3.46. The Balaban J connectivity index is 2.07. The van der Waals surface area contributed by atoms with E-state index < -0.39 is 5.82 Å². The van der Waals surface area contributed by atoms with Gasteiger partial charge >= 0.3 is 0 Å². The topological polar surface area (TPSA) is 55.1 Å². The molecule has 1 aromatic carbocycles. The van der Waals surface area contributed by atoms with Crippen LogP contribution in [-0.2, 0) is 0 Å². The zero-order valence-electron chi connectivity index (χ0n) is 12.0. The van der Waals surface area contributed by atoms with Gasteiger partial charge in [0.05, 0.1) is 12.1 Å². The van der Waals surface area contributed by atoms with Gasteiger partial charge in [-0.05, 0) is 37.3 Å². The van der Waals surface area contributed by atoms with E-state index in [1.807, 2.05) is 0 Å². The summed E-state index contributed by atoms with van der Waals surface area (Å²) < 4.78 is 13.9. The number of hydrogen-bond donors (Lipinski definition) is 2. The maximum atomic E-state index is 13.9. The molecule has 1 amide bonds. The molecule has 112 valence electrons. The monoisotopic (exact) mass is 306 g/mol. The maximum absolute atomic E-state index is 13.9. The molecule has 0 aromatic heterocycles. The van der Waals surface area contributed by atoms with E-state index in [2.05, 4.69) is 23.4 Å². The van der Waals surface area contributed by atoms with Crippen molar-refractivity contribution >= 4 is 17.7 Å². The second-order valence-electron chi connectivity index (χ2n) is 4.99. The molecule has 0 saturated heterocycles. The fourth-order valence-corrected chi connectivity index (χ4v) is 3.46. The number of benzene rings is 1. The number of nitrogens with two attached hydrogens (primary N) is 1. The second-order valence-corrected chi connectivity index (χ2v) is 6.06. The Morgan fingerprint density at radius 2 is 2.33 bits per heavy atom. The van der Waals surface area contributed by atoms with E-state index >= 15 is 0 Å². The number of nitrogens with one attached hydrogen (secondary N) is 1. The van der Waals surface area contributed by atoms with Crippen molar-refractivity contribution in [2.75, 3.05) is 12.8 Å². The van der Waals surface area contributed by atoms with Crippen LogP contribution in [0.3, 0.4) is 0 Å². The SMILES string of the molecule is CSC1CCCC1NC(=O)c1ccc(C#CCN)c(F)c1. The van der Waals surface area contributed by atoms with Gasteiger partial charge in [0.25, 0.3) is 5.91 Å². The van der Waals surface area contributed by atoms with E-state index in [9.17, 15) is 9.18 Å². The first-order valence-electron chi connectivity index (χ1n) is 6.98. The van der Waals surface area contributed by atoms with E-state index in [0.29, 0.717) is 10.8 Å². The molecular weight excluding hydrogens is 287 g/mol. The Hall–Kier alpha value is -1.51. The van der Waals surface area contributed by atoms with Gasteiger partial charge in [0, 0.05) is 16.9 Å². The van der Waals surface area contributed by atoms with Gasteiger partial charge in [-0.2, -0.15) is 11.8 Å². The second kappa shape index (κ2) is 7.48. The minimum Gasteiger partial charge on any atom is -0.348 e. The molecule has 2 unspecified atom stereocenters. The van der Waals surface area contributed by atoms with Crippen molar-refractivity contribution < 1.29 is 9.18 Å². The first-order valence-corrected chi connectivity index (χ1v) is 8.26. The smallest absolute Gasteiger partial charge is 0.251 e. The van der Waals surface area contributed by atoms with Gasteiger partial charge in [-0.3, -0.25) is 4.79 Å². The Labute approximate surface area is 128 Å². The number of hydrogen-bond acceptors (Lipinski definition) is 3. The molecule has 2 atom stereocenters. The highest BCUT2D eigenvalue weighted by Gasteiger charge is 2.28. The summed E-state index contributed by atoms with van der Waals surface area (Å²) in [7, 11) is 0. The minimum absolute atomic E-state index is 0.173. The van der Waals surface area contributed by atoms with E-state index in [4.69, 9.17) is 5.73 Å². The molecule has 3 nitrogen and oxygen atoms in total. The quantitative estimate of drug-likeness (QED) is 0.841. The predicted molar refractivity (Wildman–Crippen MR) is 84.7 cm³/mol. The number of amides is 1. The van der Waals surface area contributed by atoms with Crippen molar-refractivity contribution in [2.45, 2.75) is 30.6 Å². The van der Waals surface area contributed by atoms with Gasteiger partial charge in [-0.15, -0.1) is 0 Å². The highest BCUT2D eigenvalue weighted by Crippen LogP contribution is 2.28. The fraction of sp³-hybridized carbons (Fsp3) is 0.438. The molecule has 2 rings (SSSR count). The predicted octanol–water partition coefficient (Wildman–Crippen LogP) is 2.15. The van der Waals surface area contributed by atoms with Gasteiger partial charge in [0.1, 0.15) is 5.82 Å². The van der Waals surface area contributed by atoms with Gasteiger partial charge in [0.15, 0.2) is 0 Å². The van der Waals surface area contributed by atoms with Crippen LogP contribution in [0.25, 0.3) is 0 Å². The summed E-state index contributed by atoms with van der Waals surface area (Å²) in [6, 6.07) is 4.53. The molecule has 0 heterocycles. The third-order valence-electron chi connectivity index (χ3n) is 3.63. The number of thioether (sulfide) groups is 1. The first kappa shape index (κ1) is 15.9.